The number of nitriles is 1. The molecule has 0 aliphatic rings. The summed E-state index contributed by atoms with van der Waals surface area (Å²) in [6, 6.07) is 9.80. The van der Waals surface area contributed by atoms with Crippen molar-refractivity contribution >= 4 is 11.8 Å². The van der Waals surface area contributed by atoms with Crippen LogP contribution in [0.25, 0.3) is 0 Å². The van der Waals surface area contributed by atoms with E-state index in [1.165, 1.54) is 5.56 Å². The Hall–Kier alpha value is -0.980. The minimum atomic E-state index is -0.114. The highest BCUT2D eigenvalue weighted by Gasteiger charge is 2.09. The Kier molecular flexibility index (Phi) is 4.19. The second kappa shape index (κ2) is 5.20. The van der Waals surface area contributed by atoms with Gasteiger partial charge in [0.25, 0.3) is 0 Å². The first-order valence-corrected chi connectivity index (χ1v) is 6.02. The number of thioether (sulfide) groups is 1. The fourth-order valence-electron chi connectivity index (χ4n) is 1.11. The summed E-state index contributed by atoms with van der Waals surface area (Å²) in [5.41, 5.74) is 7.72. The van der Waals surface area contributed by atoms with Crippen molar-refractivity contribution in [3.63, 3.8) is 0 Å². The van der Waals surface area contributed by atoms with Crippen molar-refractivity contribution in [2.75, 3.05) is 5.75 Å². The maximum absolute atomic E-state index is 8.64. The predicted octanol–water partition coefficient (Wildman–Crippen LogP) is 2.53. The molecule has 1 rings (SSSR count). The Morgan fingerprint density at radius 3 is 2.40 bits per heavy atom. The molecule has 0 aromatic heterocycles. The van der Waals surface area contributed by atoms with Crippen LogP contribution in [0.1, 0.15) is 25.0 Å². The quantitative estimate of drug-likeness (QED) is 0.848. The van der Waals surface area contributed by atoms with Crippen LogP contribution in [0.3, 0.4) is 0 Å². The maximum Gasteiger partial charge on any atom is 0.0991 e. The van der Waals surface area contributed by atoms with Gasteiger partial charge in [0.05, 0.1) is 11.6 Å². The fourth-order valence-corrected chi connectivity index (χ4v) is 2.16. The zero-order valence-corrected chi connectivity index (χ0v) is 9.97. The van der Waals surface area contributed by atoms with E-state index in [0.29, 0.717) is 5.56 Å². The van der Waals surface area contributed by atoms with E-state index in [9.17, 15) is 0 Å². The summed E-state index contributed by atoms with van der Waals surface area (Å²) in [6.07, 6.45) is 0. The molecule has 0 unspecified atom stereocenters. The number of nitrogens with two attached hydrogens (primary N) is 1. The summed E-state index contributed by atoms with van der Waals surface area (Å²) in [7, 11) is 0. The van der Waals surface area contributed by atoms with Gasteiger partial charge in [-0.3, -0.25) is 0 Å². The highest BCUT2D eigenvalue weighted by Crippen LogP contribution is 2.16. The summed E-state index contributed by atoms with van der Waals surface area (Å²) >= 11 is 1.82. The van der Waals surface area contributed by atoms with E-state index in [1.54, 1.807) is 0 Å². The van der Waals surface area contributed by atoms with E-state index in [0.717, 1.165) is 11.5 Å². The molecule has 0 fully saturated rings. The molecule has 0 spiro atoms. The van der Waals surface area contributed by atoms with Gasteiger partial charge in [-0.05, 0) is 31.5 Å². The highest BCUT2D eigenvalue weighted by molar-refractivity contribution is 7.98. The van der Waals surface area contributed by atoms with Gasteiger partial charge in [0.2, 0.25) is 0 Å². The maximum atomic E-state index is 8.64. The van der Waals surface area contributed by atoms with Crippen molar-refractivity contribution in [2.45, 2.75) is 25.1 Å². The summed E-state index contributed by atoms with van der Waals surface area (Å²) in [6.45, 7) is 4.05. The van der Waals surface area contributed by atoms with Gasteiger partial charge in [0.15, 0.2) is 0 Å². The van der Waals surface area contributed by atoms with Crippen molar-refractivity contribution in [3.8, 4) is 6.07 Å². The number of benzene rings is 1. The van der Waals surface area contributed by atoms with E-state index >= 15 is 0 Å². The van der Waals surface area contributed by atoms with Crippen molar-refractivity contribution in [3.05, 3.63) is 35.4 Å². The van der Waals surface area contributed by atoms with Crippen molar-refractivity contribution < 1.29 is 0 Å². The van der Waals surface area contributed by atoms with Gasteiger partial charge in [0, 0.05) is 17.0 Å². The molecule has 1 aromatic rings. The molecule has 0 bridgehead atoms. The van der Waals surface area contributed by atoms with Crippen LogP contribution in [0.4, 0.5) is 0 Å². The lowest BCUT2D eigenvalue weighted by molar-refractivity contribution is 0.591. The van der Waals surface area contributed by atoms with E-state index in [2.05, 4.69) is 6.07 Å². The molecule has 0 heterocycles. The zero-order valence-electron chi connectivity index (χ0n) is 9.16. The topological polar surface area (TPSA) is 49.8 Å². The molecule has 0 radical (unpaired) electrons. The van der Waals surface area contributed by atoms with Gasteiger partial charge in [0.1, 0.15) is 0 Å². The minimum absolute atomic E-state index is 0.114. The monoisotopic (exact) mass is 220 g/mol. The Morgan fingerprint density at radius 2 is 1.93 bits per heavy atom. The smallest absolute Gasteiger partial charge is 0.0991 e. The van der Waals surface area contributed by atoms with Crippen molar-refractivity contribution in [2.24, 2.45) is 5.73 Å². The Bertz CT molecular complexity index is 343. The Balaban J connectivity index is 2.42. The van der Waals surface area contributed by atoms with Crippen LogP contribution in [0, 0.1) is 11.3 Å². The first-order chi connectivity index (χ1) is 7.01. The van der Waals surface area contributed by atoms with Crippen LogP contribution in [0.5, 0.6) is 0 Å². The zero-order chi connectivity index (χ0) is 11.3. The third-order valence-corrected chi connectivity index (χ3v) is 3.31. The largest absolute Gasteiger partial charge is 0.325 e. The molecule has 0 aliphatic carbocycles. The summed E-state index contributed by atoms with van der Waals surface area (Å²) in [4.78, 5) is 0. The van der Waals surface area contributed by atoms with Crippen LogP contribution in [0.2, 0.25) is 0 Å². The molecular weight excluding hydrogens is 204 g/mol. The lowest BCUT2D eigenvalue weighted by Crippen LogP contribution is -2.34. The molecule has 15 heavy (non-hydrogen) atoms. The molecule has 3 heteroatoms. The van der Waals surface area contributed by atoms with Gasteiger partial charge >= 0.3 is 0 Å². The minimum Gasteiger partial charge on any atom is -0.325 e. The molecule has 0 saturated heterocycles. The summed E-state index contributed by atoms with van der Waals surface area (Å²) in [5.74, 6) is 1.89. The van der Waals surface area contributed by atoms with Crippen LogP contribution in [0.15, 0.2) is 24.3 Å². The van der Waals surface area contributed by atoms with Crippen LogP contribution < -0.4 is 5.73 Å². The number of rotatable bonds is 4. The first kappa shape index (κ1) is 12.1. The summed E-state index contributed by atoms with van der Waals surface area (Å²) < 4.78 is 0. The molecule has 80 valence electrons. The van der Waals surface area contributed by atoms with Crippen LogP contribution in [-0.4, -0.2) is 11.3 Å². The van der Waals surface area contributed by atoms with Gasteiger partial charge in [-0.15, -0.1) is 0 Å². The highest BCUT2D eigenvalue weighted by atomic mass is 32.2. The molecule has 0 saturated carbocycles. The van der Waals surface area contributed by atoms with E-state index in [4.69, 9.17) is 11.0 Å². The second-order valence-corrected chi connectivity index (χ2v) is 5.28. The fraction of sp³-hybridized carbons (Fsp3) is 0.417. The Labute approximate surface area is 95.5 Å². The third kappa shape index (κ3) is 4.87. The van der Waals surface area contributed by atoms with Gasteiger partial charge in [-0.1, -0.05) is 12.1 Å². The SMILES string of the molecule is CC(C)(N)CSCc1ccc(C#N)cc1. The normalized spacial score (nSPS) is 11.1. The van der Waals surface area contributed by atoms with Gasteiger partial charge in [-0.2, -0.15) is 17.0 Å². The second-order valence-electron chi connectivity index (χ2n) is 4.29. The number of hydrogen-bond donors (Lipinski definition) is 1. The van der Waals surface area contributed by atoms with Crippen molar-refractivity contribution in [1.29, 1.82) is 5.26 Å². The predicted molar refractivity (Wildman–Crippen MR) is 65.6 cm³/mol. The summed E-state index contributed by atoms with van der Waals surface area (Å²) in [5, 5.41) is 8.64. The molecule has 0 amide bonds. The molecule has 2 nitrogen and oxygen atoms in total. The van der Waals surface area contributed by atoms with Gasteiger partial charge < -0.3 is 5.73 Å². The third-order valence-electron chi connectivity index (χ3n) is 1.83. The first-order valence-electron chi connectivity index (χ1n) is 4.87. The average Bonchev–Trinajstić information content (AvgIpc) is 2.17. The van der Waals surface area contributed by atoms with E-state index in [1.807, 2.05) is 49.9 Å². The van der Waals surface area contributed by atoms with Crippen LogP contribution >= 0.6 is 11.8 Å². The molecule has 2 N–H and O–H groups in total. The molecular formula is C12H16N2S. The lowest BCUT2D eigenvalue weighted by atomic mass is 10.1. The van der Waals surface area contributed by atoms with Gasteiger partial charge in [-0.25, -0.2) is 0 Å². The Morgan fingerprint density at radius 1 is 1.33 bits per heavy atom. The number of nitrogens with zero attached hydrogens (tertiary/aromatic N) is 1. The van der Waals surface area contributed by atoms with Crippen molar-refractivity contribution in [1.82, 2.24) is 0 Å². The standard InChI is InChI=1S/C12H16N2S/c1-12(2,14)9-15-8-11-5-3-10(7-13)4-6-11/h3-6H,8-9,14H2,1-2H3. The molecule has 0 atom stereocenters. The van der Waals surface area contributed by atoms with E-state index < -0.39 is 0 Å². The average molecular weight is 220 g/mol. The van der Waals surface area contributed by atoms with E-state index in [-0.39, 0.29) is 5.54 Å². The molecule has 0 aliphatic heterocycles. The number of hydrogen-bond acceptors (Lipinski definition) is 3. The van der Waals surface area contributed by atoms with Crippen LogP contribution in [-0.2, 0) is 5.75 Å². The lowest BCUT2D eigenvalue weighted by Gasteiger charge is -2.17. The molecule has 1 aromatic carbocycles.